The van der Waals surface area contributed by atoms with Crippen molar-refractivity contribution in [2.75, 3.05) is 18.7 Å². The van der Waals surface area contributed by atoms with Gasteiger partial charge in [-0.3, -0.25) is 9.40 Å². The molecule has 2 atom stereocenters. The van der Waals surface area contributed by atoms with Crippen LogP contribution in [0, 0.1) is 11.8 Å². The monoisotopic (exact) mass is 395 g/mol. The van der Waals surface area contributed by atoms with E-state index in [1.165, 1.54) is 6.33 Å². The Morgan fingerprint density at radius 1 is 1.39 bits per heavy atom. The van der Waals surface area contributed by atoms with E-state index in [1.54, 1.807) is 13.8 Å². The van der Waals surface area contributed by atoms with E-state index < -0.39 is 30.5 Å². The SMILES string of the molecule is CCONc1nc(C#CC[C@@H](C)O)nc2c1ncn2[C@@H]1OCC(O)(O)C1(O)O. The summed E-state index contributed by atoms with van der Waals surface area (Å²) in [6.45, 7) is 2.94. The van der Waals surface area contributed by atoms with Gasteiger partial charge in [-0.05, 0) is 19.8 Å². The lowest BCUT2D eigenvalue weighted by Crippen LogP contribution is -2.55. The summed E-state index contributed by atoms with van der Waals surface area (Å²) in [7, 11) is 0. The number of imidazole rings is 1. The van der Waals surface area contributed by atoms with Gasteiger partial charge in [0.2, 0.25) is 11.6 Å². The van der Waals surface area contributed by atoms with Crippen molar-refractivity contribution >= 4 is 17.0 Å². The normalized spacial score (nSPS) is 21.3. The maximum absolute atomic E-state index is 10.1. The molecule has 2 aromatic heterocycles. The molecule has 3 rings (SSSR count). The van der Waals surface area contributed by atoms with Gasteiger partial charge < -0.3 is 30.3 Å². The first kappa shape index (κ1) is 20.4. The minimum absolute atomic E-state index is 0.0517. The number of hydrogen-bond acceptors (Lipinski definition) is 11. The highest BCUT2D eigenvalue weighted by Crippen LogP contribution is 2.39. The van der Waals surface area contributed by atoms with Crippen molar-refractivity contribution in [3.05, 3.63) is 12.2 Å². The number of aliphatic hydroxyl groups excluding tert-OH is 1. The molecule has 6 N–H and O–H groups in total. The molecule has 0 aliphatic carbocycles. The number of fused-ring (bicyclic) bond motifs is 1. The molecule has 12 heteroatoms. The highest BCUT2D eigenvalue weighted by Gasteiger charge is 2.61. The second kappa shape index (κ2) is 7.57. The fourth-order valence-electron chi connectivity index (χ4n) is 2.52. The van der Waals surface area contributed by atoms with Crippen LogP contribution in [0.3, 0.4) is 0 Å². The van der Waals surface area contributed by atoms with Crippen LogP contribution < -0.4 is 5.48 Å². The van der Waals surface area contributed by atoms with Crippen molar-refractivity contribution in [3.8, 4) is 11.8 Å². The summed E-state index contributed by atoms with van der Waals surface area (Å²) in [5.74, 6) is -0.252. The van der Waals surface area contributed by atoms with E-state index in [0.717, 1.165) is 4.57 Å². The molecular formula is C16H21N5O7. The average Bonchev–Trinajstić information content (AvgIpc) is 3.11. The first-order valence-electron chi connectivity index (χ1n) is 8.47. The predicted molar refractivity (Wildman–Crippen MR) is 93.1 cm³/mol. The van der Waals surface area contributed by atoms with E-state index in [0.29, 0.717) is 6.61 Å². The number of anilines is 1. The number of nitrogens with one attached hydrogen (secondary N) is 1. The van der Waals surface area contributed by atoms with E-state index in [1.807, 2.05) is 0 Å². The van der Waals surface area contributed by atoms with Crippen molar-refractivity contribution in [2.45, 2.75) is 44.2 Å². The molecule has 12 nitrogen and oxygen atoms in total. The van der Waals surface area contributed by atoms with Crippen LogP contribution in [0.25, 0.3) is 11.2 Å². The molecule has 0 saturated carbocycles. The summed E-state index contributed by atoms with van der Waals surface area (Å²) in [6, 6.07) is 0. The molecule has 0 radical (unpaired) electrons. The molecule has 1 aliphatic heterocycles. The van der Waals surface area contributed by atoms with Gasteiger partial charge in [0, 0.05) is 6.42 Å². The topological polar surface area (TPSA) is 175 Å². The van der Waals surface area contributed by atoms with Gasteiger partial charge in [0.1, 0.15) is 6.61 Å². The Hall–Kier alpha value is -2.37. The summed E-state index contributed by atoms with van der Waals surface area (Å²) >= 11 is 0. The fraction of sp³-hybridized carbons (Fsp3) is 0.562. The summed E-state index contributed by atoms with van der Waals surface area (Å²) in [4.78, 5) is 17.7. The predicted octanol–water partition coefficient (Wildman–Crippen LogP) is -1.80. The molecule has 0 amide bonds. The highest BCUT2D eigenvalue weighted by atomic mass is 16.7. The lowest BCUT2D eigenvalue weighted by Gasteiger charge is -2.30. The van der Waals surface area contributed by atoms with Gasteiger partial charge in [-0.2, -0.15) is 4.98 Å². The van der Waals surface area contributed by atoms with Crippen LogP contribution >= 0.6 is 0 Å². The third kappa shape index (κ3) is 3.64. The van der Waals surface area contributed by atoms with Gasteiger partial charge >= 0.3 is 0 Å². The summed E-state index contributed by atoms with van der Waals surface area (Å²) in [5.41, 5.74) is 2.91. The number of aromatic nitrogens is 4. The number of hydrogen-bond donors (Lipinski definition) is 6. The van der Waals surface area contributed by atoms with Crippen LogP contribution in [-0.4, -0.2) is 75.9 Å². The maximum Gasteiger partial charge on any atom is 0.268 e. The first-order chi connectivity index (χ1) is 13.2. The number of aliphatic hydroxyl groups is 5. The minimum atomic E-state index is -3.02. The minimum Gasteiger partial charge on any atom is -0.392 e. The van der Waals surface area contributed by atoms with Crippen molar-refractivity contribution in [2.24, 2.45) is 0 Å². The van der Waals surface area contributed by atoms with Gasteiger partial charge in [0.15, 0.2) is 23.2 Å². The van der Waals surface area contributed by atoms with E-state index in [-0.39, 0.29) is 29.2 Å². The maximum atomic E-state index is 10.1. The molecule has 0 aromatic carbocycles. The zero-order valence-corrected chi connectivity index (χ0v) is 15.2. The van der Waals surface area contributed by atoms with Gasteiger partial charge in [0.05, 0.1) is 19.0 Å². The second-order valence-corrected chi connectivity index (χ2v) is 6.32. The van der Waals surface area contributed by atoms with Gasteiger partial charge in [-0.1, -0.05) is 5.92 Å². The lowest BCUT2D eigenvalue weighted by molar-refractivity contribution is -0.347. The Balaban J connectivity index is 2.08. The van der Waals surface area contributed by atoms with Crippen molar-refractivity contribution in [3.63, 3.8) is 0 Å². The first-order valence-corrected chi connectivity index (χ1v) is 8.47. The van der Waals surface area contributed by atoms with Crippen LogP contribution in [0.4, 0.5) is 5.82 Å². The van der Waals surface area contributed by atoms with Crippen LogP contribution in [0.1, 0.15) is 32.3 Å². The molecular weight excluding hydrogens is 374 g/mol. The van der Waals surface area contributed by atoms with E-state index >= 15 is 0 Å². The molecule has 1 aliphatic rings. The highest BCUT2D eigenvalue weighted by molar-refractivity contribution is 5.83. The number of nitrogens with zero attached hydrogens (tertiary/aromatic N) is 4. The average molecular weight is 395 g/mol. The van der Waals surface area contributed by atoms with E-state index in [9.17, 15) is 25.5 Å². The molecule has 1 saturated heterocycles. The lowest BCUT2D eigenvalue weighted by atomic mass is 10.1. The molecule has 2 aromatic rings. The summed E-state index contributed by atoms with van der Waals surface area (Å²) < 4.78 is 6.28. The Kier molecular flexibility index (Phi) is 5.50. The largest absolute Gasteiger partial charge is 0.392 e. The molecule has 0 spiro atoms. The Morgan fingerprint density at radius 3 is 2.75 bits per heavy atom. The number of rotatable bonds is 5. The molecule has 28 heavy (non-hydrogen) atoms. The zero-order valence-electron chi connectivity index (χ0n) is 15.2. The summed E-state index contributed by atoms with van der Waals surface area (Å²) in [6.07, 6.45) is -0.826. The van der Waals surface area contributed by atoms with Gasteiger partial charge in [0.25, 0.3) is 5.79 Å². The van der Waals surface area contributed by atoms with Crippen molar-refractivity contribution in [1.29, 1.82) is 0 Å². The Bertz CT molecular complexity index is 915. The van der Waals surface area contributed by atoms with E-state index in [2.05, 4.69) is 32.3 Å². The molecule has 152 valence electrons. The zero-order chi connectivity index (χ0) is 20.5. The quantitative estimate of drug-likeness (QED) is 0.191. The third-order valence-corrected chi connectivity index (χ3v) is 3.96. The fourth-order valence-corrected chi connectivity index (χ4v) is 2.52. The summed E-state index contributed by atoms with van der Waals surface area (Å²) in [5, 5.41) is 49.1. The second-order valence-electron chi connectivity index (χ2n) is 6.32. The van der Waals surface area contributed by atoms with Crippen molar-refractivity contribution in [1.82, 2.24) is 19.5 Å². The van der Waals surface area contributed by atoms with Gasteiger partial charge in [-0.15, -0.1) is 0 Å². The molecule has 3 heterocycles. The Labute approximate surface area is 159 Å². The third-order valence-electron chi connectivity index (χ3n) is 3.96. The van der Waals surface area contributed by atoms with Gasteiger partial charge in [-0.25, -0.2) is 15.4 Å². The van der Waals surface area contributed by atoms with Crippen molar-refractivity contribution < 1.29 is 35.1 Å². The van der Waals surface area contributed by atoms with Crippen LogP contribution in [0.5, 0.6) is 0 Å². The van der Waals surface area contributed by atoms with Crippen LogP contribution in [-0.2, 0) is 9.57 Å². The van der Waals surface area contributed by atoms with Crippen LogP contribution in [0.2, 0.25) is 0 Å². The molecule has 0 unspecified atom stereocenters. The smallest absolute Gasteiger partial charge is 0.268 e. The molecule has 0 bridgehead atoms. The standard InChI is InChI=1S/C16H21N5O7/c1-3-28-20-12-11-13(19-10(18-12)6-4-5-9(2)22)21(8-17-11)14-16(25,26)15(23,24)7-27-14/h8-9,14,22-26H,3,5,7H2,1-2H3,(H,18,19,20)/t9-,14-/m1/s1. The molecule has 1 fully saturated rings. The van der Waals surface area contributed by atoms with E-state index in [4.69, 9.17) is 9.57 Å². The van der Waals surface area contributed by atoms with Crippen LogP contribution in [0.15, 0.2) is 6.33 Å². The Morgan fingerprint density at radius 2 is 2.14 bits per heavy atom. The number of ether oxygens (including phenoxy) is 1.